The average molecular weight is 431 g/mol. The molecule has 3 N–H and O–H groups in total. The van der Waals surface area contributed by atoms with Crippen LogP contribution in [0.3, 0.4) is 0 Å². The minimum Gasteiger partial charge on any atom is -0.458 e. The summed E-state index contributed by atoms with van der Waals surface area (Å²) < 4.78 is 17.6. The van der Waals surface area contributed by atoms with E-state index in [2.05, 4.69) is 11.8 Å². The van der Waals surface area contributed by atoms with E-state index in [-0.39, 0.29) is 36.6 Å². The molecule has 0 bridgehead atoms. The van der Waals surface area contributed by atoms with E-state index in [4.69, 9.17) is 24.9 Å². The van der Waals surface area contributed by atoms with Crippen LogP contribution in [-0.2, 0) is 22.7 Å². The first kappa shape index (κ1) is 18.9. The van der Waals surface area contributed by atoms with Gasteiger partial charge in [-0.3, -0.25) is 4.79 Å². The highest BCUT2D eigenvalue weighted by molar-refractivity contribution is 5.93. The minimum absolute atomic E-state index is 0.137. The quantitative estimate of drug-likeness (QED) is 0.337. The standard InChI is InChI=1S/C23H17N3O6/c24-4-2-1-3-11-12-6-18-19(32-10-31-18)7-16(12)25-20-14(11)8-26-17(20)5-13-15(22(26)28)9-30-23(29)21(13)27/h5-7,21,27H,2,4,8-10,24H2. The zero-order valence-electron chi connectivity index (χ0n) is 16.8. The lowest BCUT2D eigenvalue weighted by molar-refractivity contribution is -0.157. The van der Waals surface area contributed by atoms with Crippen molar-refractivity contribution >= 4 is 16.9 Å². The van der Waals surface area contributed by atoms with Crippen molar-refractivity contribution in [3.8, 4) is 34.7 Å². The lowest BCUT2D eigenvalue weighted by Crippen LogP contribution is -2.32. The van der Waals surface area contributed by atoms with Gasteiger partial charge >= 0.3 is 5.97 Å². The molecular weight excluding hydrogens is 414 g/mol. The first-order chi connectivity index (χ1) is 15.6. The maximum absolute atomic E-state index is 13.2. The molecule has 1 unspecified atom stereocenters. The molecule has 32 heavy (non-hydrogen) atoms. The zero-order chi connectivity index (χ0) is 22.0. The Morgan fingerprint density at radius 1 is 1.16 bits per heavy atom. The first-order valence-corrected chi connectivity index (χ1v) is 10.1. The molecule has 9 heteroatoms. The second-order valence-corrected chi connectivity index (χ2v) is 7.74. The molecule has 0 aliphatic carbocycles. The molecule has 0 fully saturated rings. The smallest absolute Gasteiger partial charge is 0.340 e. The van der Waals surface area contributed by atoms with E-state index >= 15 is 0 Å². The van der Waals surface area contributed by atoms with Gasteiger partial charge in [-0.05, 0) is 12.1 Å². The van der Waals surface area contributed by atoms with Gasteiger partial charge in [-0.2, -0.15) is 0 Å². The SMILES string of the molecule is NCCC#Cc1c2c(nc3cc4c(cc13)OCO4)-c1cc3c(c(=O)n1C2)COC(=O)C3O. The number of hydrogen-bond donors (Lipinski definition) is 2. The summed E-state index contributed by atoms with van der Waals surface area (Å²) in [6, 6.07) is 5.29. The van der Waals surface area contributed by atoms with Crippen molar-refractivity contribution in [3.63, 3.8) is 0 Å². The average Bonchev–Trinajstić information content (AvgIpc) is 3.39. The van der Waals surface area contributed by atoms with Gasteiger partial charge in [-0.15, -0.1) is 0 Å². The third-order valence-electron chi connectivity index (χ3n) is 5.93. The number of carbonyl (C=O) groups excluding carboxylic acids is 1. The topological polar surface area (TPSA) is 126 Å². The fourth-order valence-corrected chi connectivity index (χ4v) is 4.38. The Kier molecular flexibility index (Phi) is 4.02. The van der Waals surface area contributed by atoms with Crippen molar-refractivity contribution in [2.45, 2.75) is 25.7 Å². The van der Waals surface area contributed by atoms with Crippen molar-refractivity contribution < 1.29 is 24.1 Å². The summed E-state index contributed by atoms with van der Waals surface area (Å²) >= 11 is 0. The van der Waals surface area contributed by atoms with Crippen LogP contribution in [0.5, 0.6) is 11.5 Å². The molecule has 0 radical (unpaired) electrons. The van der Waals surface area contributed by atoms with E-state index in [1.165, 1.54) is 0 Å². The number of aromatic nitrogens is 2. The van der Waals surface area contributed by atoms with Crippen molar-refractivity contribution in [1.82, 2.24) is 9.55 Å². The van der Waals surface area contributed by atoms with E-state index in [1.54, 1.807) is 16.7 Å². The summed E-state index contributed by atoms with van der Waals surface area (Å²) in [5.41, 5.74) is 9.11. The van der Waals surface area contributed by atoms with Gasteiger partial charge in [-0.25, -0.2) is 9.78 Å². The van der Waals surface area contributed by atoms with Gasteiger partial charge in [0.1, 0.15) is 6.61 Å². The molecule has 160 valence electrons. The van der Waals surface area contributed by atoms with Crippen LogP contribution in [0, 0.1) is 11.8 Å². The highest BCUT2D eigenvalue weighted by Crippen LogP contribution is 2.41. The molecule has 3 aliphatic heterocycles. The Balaban J connectivity index is 1.64. The summed E-state index contributed by atoms with van der Waals surface area (Å²) in [7, 11) is 0. The second kappa shape index (κ2) is 6.82. The first-order valence-electron chi connectivity index (χ1n) is 10.1. The van der Waals surface area contributed by atoms with Crippen LogP contribution < -0.4 is 20.8 Å². The van der Waals surface area contributed by atoms with Gasteiger partial charge in [0.15, 0.2) is 17.6 Å². The largest absolute Gasteiger partial charge is 0.458 e. The lowest BCUT2D eigenvalue weighted by Gasteiger charge is -2.21. The van der Waals surface area contributed by atoms with Gasteiger partial charge in [0.2, 0.25) is 6.79 Å². The molecule has 6 rings (SSSR count). The summed E-state index contributed by atoms with van der Waals surface area (Å²) in [5.74, 6) is 6.72. The molecule has 0 saturated carbocycles. The number of pyridine rings is 2. The predicted octanol–water partition coefficient (Wildman–Crippen LogP) is 0.944. The van der Waals surface area contributed by atoms with E-state index < -0.39 is 12.1 Å². The number of ether oxygens (including phenoxy) is 3. The molecule has 0 amide bonds. The monoisotopic (exact) mass is 431 g/mol. The Bertz CT molecular complexity index is 1460. The Morgan fingerprint density at radius 2 is 1.97 bits per heavy atom. The maximum Gasteiger partial charge on any atom is 0.340 e. The van der Waals surface area contributed by atoms with Crippen LogP contribution in [0.4, 0.5) is 0 Å². The van der Waals surface area contributed by atoms with Crippen LogP contribution in [0.15, 0.2) is 23.0 Å². The number of esters is 1. The van der Waals surface area contributed by atoms with Crippen molar-refractivity contribution in [3.05, 3.63) is 50.8 Å². The molecule has 0 saturated heterocycles. The number of benzene rings is 1. The van der Waals surface area contributed by atoms with Gasteiger partial charge in [0.05, 0.1) is 29.0 Å². The van der Waals surface area contributed by atoms with E-state index in [1.807, 2.05) is 6.07 Å². The Morgan fingerprint density at radius 3 is 2.78 bits per heavy atom. The third-order valence-corrected chi connectivity index (χ3v) is 5.93. The molecule has 3 aliphatic rings. The predicted molar refractivity (Wildman–Crippen MR) is 112 cm³/mol. The fraction of sp³-hybridized carbons (Fsp3) is 0.261. The molecular formula is C23H17N3O6. The van der Waals surface area contributed by atoms with Crippen molar-refractivity contribution in [1.29, 1.82) is 0 Å². The van der Waals surface area contributed by atoms with Gasteiger partial charge in [0, 0.05) is 41.1 Å². The molecule has 2 aromatic heterocycles. The molecule has 0 spiro atoms. The Hall–Kier alpha value is -3.87. The number of rotatable bonds is 1. The third kappa shape index (κ3) is 2.57. The lowest BCUT2D eigenvalue weighted by atomic mass is 9.98. The highest BCUT2D eigenvalue weighted by Gasteiger charge is 2.34. The normalized spacial score (nSPS) is 17.3. The van der Waals surface area contributed by atoms with Crippen molar-refractivity contribution in [2.24, 2.45) is 5.73 Å². The highest BCUT2D eigenvalue weighted by atomic mass is 16.7. The molecule has 1 atom stereocenters. The minimum atomic E-state index is -1.50. The van der Waals surface area contributed by atoms with Crippen LogP contribution >= 0.6 is 0 Å². The molecule has 9 nitrogen and oxygen atoms in total. The number of cyclic esters (lactones) is 1. The van der Waals surface area contributed by atoms with Gasteiger partial charge in [-0.1, -0.05) is 11.8 Å². The summed E-state index contributed by atoms with van der Waals surface area (Å²) in [4.78, 5) is 29.9. The van der Waals surface area contributed by atoms with Gasteiger partial charge < -0.3 is 29.6 Å². The van der Waals surface area contributed by atoms with Crippen LogP contribution in [-0.4, -0.2) is 34.0 Å². The summed E-state index contributed by atoms with van der Waals surface area (Å²) in [6.07, 6.45) is -0.977. The summed E-state index contributed by atoms with van der Waals surface area (Å²) in [6.45, 7) is 0.673. The van der Waals surface area contributed by atoms with Crippen molar-refractivity contribution in [2.75, 3.05) is 13.3 Å². The zero-order valence-corrected chi connectivity index (χ0v) is 16.8. The van der Waals surface area contributed by atoms with E-state index in [9.17, 15) is 14.7 Å². The number of fused-ring (bicyclic) bond motifs is 6. The van der Waals surface area contributed by atoms with Crippen LogP contribution in [0.25, 0.3) is 22.3 Å². The number of aliphatic hydroxyl groups excluding tert-OH is 1. The number of nitrogens with two attached hydrogens (primary N) is 1. The molecule has 1 aromatic carbocycles. The Labute approximate surface area is 181 Å². The second-order valence-electron chi connectivity index (χ2n) is 7.74. The van der Waals surface area contributed by atoms with Crippen LogP contribution in [0.1, 0.15) is 34.8 Å². The molecule has 5 heterocycles. The van der Waals surface area contributed by atoms with E-state index in [0.29, 0.717) is 41.4 Å². The fourth-order valence-electron chi connectivity index (χ4n) is 4.38. The number of hydrogen-bond acceptors (Lipinski definition) is 8. The van der Waals surface area contributed by atoms with E-state index in [0.717, 1.165) is 16.5 Å². The number of carbonyl (C=O) groups is 1. The molecule has 3 aromatic rings. The van der Waals surface area contributed by atoms with Gasteiger partial charge in [0.25, 0.3) is 5.56 Å². The number of aliphatic hydroxyl groups is 1. The van der Waals surface area contributed by atoms with Crippen LogP contribution in [0.2, 0.25) is 0 Å². The maximum atomic E-state index is 13.2. The summed E-state index contributed by atoms with van der Waals surface area (Å²) in [5, 5.41) is 11.1. The number of nitrogens with zero attached hydrogens (tertiary/aromatic N) is 2.